The van der Waals surface area contributed by atoms with E-state index < -0.39 is 0 Å². The molecule has 0 aliphatic carbocycles. The van der Waals surface area contributed by atoms with Crippen LogP contribution in [-0.2, 0) is 0 Å². The van der Waals surface area contributed by atoms with Crippen molar-refractivity contribution in [1.82, 2.24) is 0 Å². The number of methoxy groups -OCH3 is 1. The van der Waals surface area contributed by atoms with Crippen LogP contribution in [0.25, 0.3) is 5.70 Å². The zero-order chi connectivity index (χ0) is 16.1. The third kappa shape index (κ3) is 3.60. The van der Waals surface area contributed by atoms with Crippen LogP contribution in [0.1, 0.15) is 19.4 Å². The molecule has 3 rings (SSSR count). The Morgan fingerprint density at radius 1 is 1.09 bits per heavy atom. The summed E-state index contributed by atoms with van der Waals surface area (Å²) in [6, 6.07) is 7.59. The highest BCUT2D eigenvalue weighted by Gasteiger charge is 2.28. The summed E-state index contributed by atoms with van der Waals surface area (Å²) in [5, 5.41) is 1.02. The van der Waals surface area contributed by atoms with E-state index in [-0.39, 0.29) is 12.0 Å². The molecule has 0 N–H and O–H groups in total. The van der Waals surface area contributed by atoms with E-state index >= 15 is 0 Å². The first kappa shape index (κ1) is 16.8. The lowest BCUT2D eigenvalue weighted by Gasteiger charge is -2.25. The summed E-state index contributed by atoms with van der Waals surface area (Å²) in [4.78, 5) is 8.85. The molecule has 22 heavy (non-hydrogen) atoms. The molecule has 2 aliphatic heterocycles. The van der Waals surface area contributed by atoms with Crippen molar-refractivity contribution in [3.63, 3.8) is 0 Å². The quantitative estimate of drug-likeness (QED) is 0.755. The molecular weight excluding hydrogens is 319 g/mol. The topological polar surface area (TPSA) is 34.0 Å². The van der Waals surface area contributed by atoms with Crippen LogP contribution in [0.2, 0.25) is 0 Å². The second kappa shape index (κ2) is 7.61. The minimum Gasteiger partial charge on any atom is -0.497 e. The van der Waals surface area contributed by atoms with Crippen molar-refractivity contribution < 1.29 is 4.74 Å². The number of rotatable bonds is 2. The fourth-order valence-corrected chi connectivity index (χ4v) is 2.71. The molecule has 1 aromatic rings. The van der Waals surface area contributed by atoms with Crippen molar-refractivity contribution in [1.29, 1.82) is 0 Å². The van der Waals surface area contributed by atoms with E-state index in [1.807, 2.05) is 50.3 Å². The highest BCUT2D eigenvalue weighted by Crippen LogP contribution is 2.31. The Labute approximate surface area is 141 Å². The summed E-state index contributed by atoms with van der Waals surface area (Å²) in [5.41, 5.74) is 1.78. The van der Waals surface area contributed by atoms with Crippen LogP contribution in [0.5, 0.6) is 5.75 Å². The number of nitrogens with zero attached hydrogens (tertiary/aromatic N) is 2. The maximum atomic E-state index is 6.26. The zero-order valence-corrected chi connectivity index (χ0v) is 14.3. The van der Waals surface area contributed by atoms with Gasteiger partial charge in [0.1, 0.15) is 16.1 Å². The van der Waals surface area contributed by atoms with Gasteiger partial charge in [-0.05, 0) is 36.4 Å². The van der Waals surface area contributed by atoms with Gasteiger partial charge in [-0.2, -0.15) is 0 Å². The Hall–Kier alpha value is -1.58. The van der Waals surface area contributed by atoms with Crippen molar-refractivity contribution in [2.24, 2.45) is 15.9 Å². The Bertz CT molecular complexity index is 645. The summed E-state index contributed by atoms with van der Waals surface area (Å²) in [6.07, 6.45) is 5.68. The SMILES string of the molecule is CC.COc1ccc(C2=CC3N=C(Cl)C=CC3C(Cl)=N2)cc1. The van der Waals surface area contributed by atoms with Crippen LogP contribution in [0, 0.1) is 5.92 Å². The van der Waals surface area contributed by atoms with Gasteiger partial charge in [-0.25, -0.2) is 4.99 Å². The smallest absolute Gasteiger partial charge is 0.123 e. The summed E-state index contributed by atoms with van der Waals surface area (Å²) >= 11 is 12.2. The number of fused-ring (bicyclic) bond motifs is 1. The maximum absolute atomic E-state index is 6.26. The molecule has 3 nitrogen and oxygen atoms in total. The molecule has 2 atom stereocenters. The first-order valence-corrected chi connectivity index (χ1v) is 7.95. The summed E-state index contributed by atoms with van der Waals surface area (Å²) in [7, 11) is 1.64. The fourth-order valence-electron chi connectivity index (χ4n) is 2.24. The number of hydrogen-bond donors (Lipinski definition) is 0. The van der Waals surface area contributed by atoms with Gasteiger partial charge >= 0.3 is 0 Å². The lowest BCUT2D eigenvalue weighted by Crippen LogP contribution is -2.27. The molecule has 5 heteroatoms. The summed E-state index contributed by atoms with van der Waals surface area (Å²) in [6.45, 7) is 4.00. The normalized spacial score (nSPS) is 22.5. The predicted molar refractivity (Wildman–Crippen MR) is 95.3 cm³/mol. The molecule has 0 fully saturated rings. The third-order valence-corrected chi connectivity index (χ3v) is 3.86. The Balaban J connectivity index is 0.000000847. The number of hydrogen-bond acceptors (Lipinski definition) is 3. The molecule has 0 aromatic heterocycles. The van der Waals surface area contributed by atoms with E-state index in [2.05, 4.69) is 9.98 Å². The highest BCUT2D eigenvalue weighted by atomic mass is 35.5. The molecule has 2 unspecified atom stereocenters. The van der Waals surface area contributed by atoms with E-state index in [4.69, 9.17) is 27.9 Å². The van der Waals surface area contributed by atoms with Crippen molar-refractivity contribution in [3.05, 3.63) is 48.1 Å². The molecule has 0 saturated heterocycles. The monoisotopic (exact) mass is 336 g/mol. The Morgan fingerprint density at radius 3 is 2.41 bits per heavy atom. The average Bonchev–Trinajstić information content (AvgIpc) is 2.56. The van der Waals surface area contributed by atoms with E-state index in [0.717, 1.165) is 17.0 Å². The van der Waals surface area contributed by atoms with Gasteiger partial charge in [0.05, 0.1) is 24.8 Å². The second-order valence-corrected chi connectivity index (χ2v) is 5.32. The number of aliphatic imine (C=N–C) groups is 2. The van der Waals surface area contributed by atoms with Crippen LogP contribution in [0.15, 0.2) is 52.5 Å². The third-order valence-electron chi connectivity index (χ3n) is 3.30. The first-order valence-electron chi connectivity index (χ1n) is 7.19. The van der Waals surface area contributed by atoms with E-state index in [0.29, 0.717) is 10.3 Å². The van der Waals surface area contributed by atoms with Gasteiger partial charge in [0.2, 0.25) is 0 Å². The van der Waals surface area contributed by atoms with E-state index in [1.54, 1.807) is 13.2 Å². The van der Waals surface area contributed by atoms with Crippen molar-refractivity contribution in [3.8, 4) is 5.75 Å². The van der Waals surface area contributed by atoms with E-state index in [1.165, 1.54) is 0 Å². The molecule has 116 valence electrons. The van der Waals surface area contributed by atoms with Crippen LogP contribution < -0.4 is 4.74 Å². The minimum absolute atomic E-state index is 0.0128. The minimum atomic E-state index is -0.0883. The van der Waals surface area contributed by atoms with Gasteiger partial charge < -0.3 is 4.74 Å². The number of ether oxygens (including phenoxy) is 1. The molecule has 2 heterocycles. The lowest BCUT2D eigenvalue weighted by atomic mass is 9.94. The van der Waals surface area contributed by atoms with E-state index in [9.17, 15) is 0 Å². The molecule has 0 spiro atoms. The van der Waals surface area contributed by atoms with Gasteiger partial charge in [0.15, 0.2) is 0 Å². The van der Waals surface area contributed by atoms with Crippen LogP contribution >= 0.6 is 23.2 Å². The lowest BCUT2D eigenvalue weighted by molar-refractivity contribution is 0.415. The van der Waals surface area contributed by atoms with Crippen molar-refractivity contribution in [2.45, 2.75) is 19.9 Å². The van der Waals surface area contributed by atoms with Crippen molar-refractivity contribution >= 4 is 39.2 Å². The molecule has 1 aromatic carbocycles. The predicted octanol–water partition coefficient (Wildman–Crippen LogP) is 4.91. The largest absolute Gasteiger partial charge is 0.497 e. The zero-order valence-electron chi connectivity index (χ0n) is 12.8. The number of allylic oxidation sites excluding steroid dienone is 1. The van der Waals surface area contributed by atoms with Gasteiger partial charge in [-0.3, -0.25) is 4.99 Å². The Kier molecular flexibility index (Phi) is 5.81. The van der Waals surface area contributed by atoms with Gasteiger partial charge in [0, 0.05) is 5.56 Å². The fraction of sp³-hybridized carbons (Fsp3) is 0.294. The van der Waals surface area contributed by atoms with Gasteiger partial charge in [0.25, 0.3) is 0 Å². The maximum Gasteiger partial charge on any atom is 0.123 e. The molecule has 0 bridgehead atoms. The first-order chi connectivity index (χ1) is 10.7. The standard InChI is InChI=1S/C15H12Cl2N2O.C2H6/c1-20-10-4-2-9(3-5-10)12-8-13-11(15(17)19-12)6-7-14(16)18-13;1-2/h2-8,11,13H,1H3;1-2H3. The molecule has 2 aliphatic rings. The Morgan fingerprint density at radius 2 is 1.77 bits per heavy atom. The van der Waals surface area contributed by atoms with Crippen LogP contribution in [-0.4, -0.2) is 23.5 Å². The van der Waals surface area contributed by atoms with Crippen LogP contribution in [0.4, 0.5) is 0 Å². The second-order valence-electron chi connectivity index (χ2n) is 4.54. The molecule has 0 amide bonds. The number of benzene rings is 1. The summed E-state index contributed by atoms with van der Waals surface area (Å²) in [5.74, 6) is 0.793. The molecule has 0 radical (unpaired) electrons. The van der Waals surface area contributed by atoms with Crippen molar-refractivity contribution in [2.75, 3.05) is 7.11 Å². The summed E-state index contributed by atoms with van der Waals surface area (Å²) < 4.78 is 5.15. The van der Waals surface area contributed by atoms with Gasteiger partial charge in [-0.15, -0.1) is 0 Å². The molecule has 0 saturated carbocycles. The number of halogens is 2. The molecular formula is C17H18Cl2N2O. The van der Waals surface area contributed by atoms with Crippen LogP contribution in [0.3, 0.4) is 0 Å². The average molecular weight is 337 g/mol. The highest BCUT2D eigenvalue weighted by molar-refractivity contribution is 6.69. The number of dihydropyridines is 1. The van der Waals surface area contributed by atoms with Gasteiger partial charge in [-0.1, -0.05) is 43.1 Å².